The molecule has 2 aromatic rings. The van der Waals surface area contributed by atoms with Crippen molar-refractivity contribution in [2.45, 2.75) is 13.0 Å². The molecular formula is C16H13FN4O3. The normalized spacial score (nSPS) is 22.6. The van der Waals surface area contributed by atoms with Gasteiger partial charge in [-0.2, -0.15) is 5.10 Å². The highest BCUT2D eigenvalue weighted by Crippen LogP contribution is 2.35. The predicted octanol–water partition coefficient (Wildman–Crippen LogP) is 1.16. The van der Waals surface area contributed by atoms with Crippen LogP contribution < -0.4 is 4.90 Å². The molecule has 0 unspecified atom stereocenters. The SMILES string of the molecule is Cc1c(C2=NO[C@H]3C(=O)N(c4ccc(F)cc4)C(=O)[C@H]23)cnn1C. The van der Waals surface area contributed by atoms with Crippen molar-refractivity contribution >= 4 is 23.2 Å². The summed E-state index contributed by atoms with van der Waals surface area (Å²) in [5.41, 5.74) is 2.20. The Labute approximate surface area is 136 Å². The molecule has 0 spiro atoms. The number of hydrogen-bond donors (Lipinski definition) is 0. The summed E-state index contributed by atoms with van der Waals surface area (Å²) in [6, 6.07) is 5.17. The molecule has 2 aliphatic rings. The van der Waals surface area contributed by atoms with Gasteiger partial charge < -0.3 is 4.84 Å². The average Bonchev–Trinajstić information content (AvgIpc) is 3.20. The lowest BCUT2D eigenvalue weighted by Gasteiger charge is -2.15. The van der Waals surface area contributed by atoms with E-state index in [0.717, 1.165) is 10.6 Å². The lowest BCUT2D eigenvalue weighted by atomic mass is 9.94. The van der Waals surface area contributed by atoms with Gasteiger partial charge >= 0.3 is 0 Å². The lowest BCUT2D eigenvalue weighted by molar-refractivity contribution is -0.126. The maximum Gasteiger partial charge on any atom is 0.278 e. The van der Waals surface area contributed by atoms with E-state index in [-0.39, 0.29) is 0 Å². The number of aromatic nitrogens is 2. The van der Waals surface area contributed by atoms with Crippen molar-refractivity contribution in [1.29, 1.82) is 0 Å². The maximum atomic E-state index is 13.1. The summed E-state index contributed by atoms with van der Waals surface area (Å²) in [7, 11) is 1.78. The number of carbonyl (C=O) groups excluding carboxylic acids is 2. The standard InChI is InChI=1S/C16H13FN4O3/c1-8-11(7-18-20(8)2)13-12-14(24-19-13)16(23)21(15(12)22)10-5-3-9(17)4-6-10/h3-7,12,14H,1-2H3/t12-,14-/m1/s1. The van der Waals surface area contributed by atoms with Crippen LogP contribution in [0.2, 0.25) is 0 Å². The Bertz CT molecular complexity index is 887. The third-order valence-corrected chi connectivity index (χ3v) is 4.41. The van der Waals surface area contributed by atoms with Gasteiger partial charge in [-0.1, -0.05) is 5.16 Å². The Morgan fingerprint density at radius 1 is 1.17 bits per heavy atom. The molecule has 0 aliphatic carbocycles. The van der Waals surface area contributed by atoms with E-state index in [0.29, 0.717) is 17.0 Å². The first-order chi connectivity index (χ1) is 11.5. The number of halogens is 1. The van der Waals surface area contributed by atoms with Gasteiger partial charge in [0.15, 0.2) is 0 Å². The van der Waals surface area contributed by atoms with Crippen molar-refractivity contribution < 1.29 is 18.8 Å². The first-order valence-electron chi connectivity index (χ1n) is 7.35. The third-order valence-electron chi connectivity index (χ3n) is 4.41. The van der Waals surface area contributed by atoms with E-state index >= 15 is 0 Å². The van der Waals surface area contributed by atoms with Crippen LogP contribution in [0.15, 0.2) is 35.6 Å². The van der Waals surface area contributed by atoms with Gasteiger partial charge in [0.2, 0.25) is 12.0 Å². The lowest BCUT2D eigenvalue weighted by Crippen LogP contribution is -2.33. The largest absolute Gasteiger partial charge is 0.381 e. The van der Waals surface area contributed by atoms with E-state index in [9.17, 15) is 14.0 Å². The minimum atomic E-state index is -0.989. The van der Waals surface area contributed by atoms with Crippen molar-refractivity contribution in [2.75, 3.05) is 4.90 Å². The molecule has 1 aromatic heterocycles. The zero-order chi connectivity index (χ0) is 17.0. The monoisotopic (exact) mass is 328 g/mol. The quantitative estimate of drug-likeness (QED) is 0.775. The second-order valence-electron chi connectivity index (χ2n) is 5.74. The summed E-state index contributed by atoms with van der Waals surface area (Å²) < 4.78 is 14.7. The molecule has 1 aromatic carbocycles. The van der Waals surface area contributed by atoms with Crippen LogP contribution in [0.1, 0.15) is 11.3 Å². The van der Waals surface area contributed by atoms with Crippen molar-refractivity contribution in [3.8, 4) is 0 Å². The number of nitrogens with zero attached hydrogens (tertiary/aromatic N) is 4. The highest BCUT2D eigenvalue weighted by molar-refractivity contribution is 6.32. The fraction of sp³-hybridized carbons (Fsp3) is 0.250. The smallest absolute Gasteiger partial charge is 0.278 e. The molecule has 0 saturated carbocycles. The third kappa shape index (κ3) is 1.89. The van der Waals surface area contributed by atoms with Crippen molar-refractivity contribution in [2.24, 2.45) is 18.1 Å². The Balaban J connectivity index is 1.72. The fourth-order valence-electron chi connectivity index (χ4n) is 3.00. The molecule has 0 N–H and O–H groups in total. The fourth-order valence-corrected chi connectivity index (χ4v) is 3.00. The number of amides is 2. The number of rotatable bonds is 2. The van der Waals surface area contributed by atoms with Crippen LogP contribution in [0.3, 0.4) is 0 Å². The van der Waals surface area contributed by atoms with E-state index in [4.69, 9.17) is 4.84 Å². The van der Waals surface area contributed by atoms with Crippen LogP contribution in [-0.2, 0) is 21.5 Å². The number of aryl methyl sites for hydroxylation is 1. The van der Waals surface area contributed by atoms with Gasteiger partial charge in [-0.3, -0.25) is 14.3 Å². The summed E-state index contributed by atoms with van der Waals surface area (Å²) in [6.45, 7) is 1.84. The number of anilines is 1. The first-order valence-corrected chi connectivity index (χ1v) is 7.35. The summed E-state index contributed by atoms with van der Waals surface area (Å²) in [6.07, 6.45) is 0.607. The van der Waals surface area contributed by atoms with E-state index in [2.05, 4.69) is 10.3 Å². The molecule has 2 aliphatic heterocycles. The molecule has 122 valence electrons. The number of oxime groups is 1. The van der Waals surface area contributed by atoms with Gasteiger partial charge in [-0.15, -0.1) is 0 Å². The second kappa shape index (κ2) is 4.98. The predicted molar refractivity (Wildman–Crippen MR) is 81.7 cm³/mol. The summed E-state index contributed by atoms with van der Waals surface area (Å²) >= 11 is 0. The Morgan fingerprint density at radius 2 is 1.88 bits per heavy atom. The van der Waals surface area contributed by atoms with Gasteiger partial charge in [-0.25, -0.2) is 9.29 Å². The Morgan fingerprint density at radius 3 is 2.50 bits per heavy atom. The van der Waals surface area contributed by atoms with Crippen molar-refractivity contribution in [1.82, 2.24) is 9.78 Å². The molecule has 0 radical (unpaired) electrons. The molecule has 8 heteroatoms. The van der Waals surface area contributed by atoms with E-state index in [1.54, 1.807) is 17.9 Å². The van der Waals surface area contributed by atoms with Gasteiger partial charge in [0.05, 0.1) is 11.9 Å². The molecule has 1 fully saturated rings. The zero-order valence-electron chi connectivity index (χ0n) is 12.9. The highest BCUT2D eigenvalue weighted by Gasteiger charge is 2.56. The number of imide groups is 1. The van der Waals surface area contributed by atoms with Crippen LogP contribution in [0, 0.1) is 18.7 Å². The molecule has 1 saturated heterocycles. The van der Waals surface area contributed by atoms with Crippen LogP contribution in [0.4, 0.5) is 10.1 Å². The van der Waals surface area contributed by atoms with Crippen LogP contribution in [-0.4, -0.2) is 33.4 Å². The number of fused-ring (bicyclic) bond motifs is 1. The topological polar surface area (TPSA) is 76.8 Å². The number of hydrogen-bond acceptors (Lipinski definition) is 5. The van der Waals surface area contributed by atoms with E-state index in [1.807, 2.05) is 6.92 Å². The average molecular weight is 328 g/mol. The van der Waals surface area contributed by atoms with E-state index < -0.39 is 29.7 Å². The molecule has 7 nitrogen and oxygen atoms in total. The van der Waals surface area contributed by atoms with Crippen molar-refractivity contribution in [3.63, 3.8) is 0 Å². The van der Waals surface area contributed by atoms with Gasteiger partial charge in [0.25, 0.3) is 5.91 Å². The van der Waals surface area contributed by atoms with Crippen molar-refractivity contribution in [3.05, 3.63) is 47.5 Å². The molecule has 2 atom stereocenters. The molecule has 0 bridgehead atoms. The highest BCUT2D eigenvalue weighted by atomic mass is 19.1. The molecule has 24 heavy (non-hydrogen) atoms. The minimum Gasteiger partial charge on any atom is -0.381 e. The van der Waals surface area contributed by atoms with Gasteiger partial charge in [-0.05, 0) is 31.2 Å². The number of carbonyl (C=O) groups is 2. The van der Waals surface area contributed by atoms with E-state index in [1.165, 1.54) is 24.3 Å². The maximum absolute atomic E-state index is 13.1. The molecule has 3 heterocycles. The first kappa shape index (κ1) is 14.6. The Hall–Kier alpha value is -3.03. The molecular weight excluding hydrogens is 315 g/mol. The Kier molecular flexibility index (Phi) is 3.02. The summed E-state index contributed by atoms with van der Waals surface area (Å²) in [5, 5.41) is 8.08. The van der Waals surface area contributed by atoms with Crippen LogP contribution in [0.5, 0.6) is 0 Å². The second-order valence-corrected chi connectivity index (χ2v) is 5.74. The minimum absolute atomic E-state index is 0.312. The zero-order valence-corrected chi connectivity index (χ0v) is 12.9. The van der Waals surface area contributed by atoms with Crippen LogP contribution in [0.25, 0.3) is 0 Å². The summed E-state index contributed by atoms with van der Waals surface area (Å²) in [4.78, 5) is 31.6. The molecule has 4 rings (SSSR count). The van der Waals surface area contributed by atoms with Gasteiger partial charge in [0.1, 0.15) is 17.4 Å². The van der Waals surface area contributed by atoms with Gasteiger partial charge in [0, 0.05) is 18.3 Å². The molecule has 2 amide bonds. The summed E-state index contributed by atoms with van der Waals surface area (Å²) in [5.74, 6) is -2.19. The van der Waals surface area contributed by atoms with Crippen LogP contribution >= 0.6 is 0 Å². The number of benzene rings is 1.